The lowest BCUT2D eigenvalue weighted by atomic mass is 10.2. The van der Waals surface area contributed by atoms with Crippen LogP contribution in [0.25, 0.3) is 0 Å². The summed E-state index contributed by atoms with van der Waals surface area (Å²) in [6.07, 6.45) is -0.601. The molecule has 0 aliphatic rings. The Morgan fingerprint density at radius 2 is 1.67 bits per heavy atom. The van der Waals surface area contributed by atoms with Gasteiger partial charge in [0.05, 0.1) is 12.8 Å². The average molecular weight is 285 g/mol. The van der Waals surface area contributed by atoms with Crippen molar-refractivity contribution in [2.45, 2.75) is 20.0 Å². The third-order valence-electron chi connectivity index (χ3n) is 3.13. The molecule has 1 atom stereocenters. The average Bonchev–Trinajstić information content (AvgIpc) is 2.50. The Bertz CT molecular complexity index is 625. The van der Waals surface area contributed by atoms with Crippen LogP contribution in [0.5, 0.6) is 11.5 Å². The van der Waals surface area contributed by atoms with Crippen LogP contribution in [0.1, 0.15) is 12.5 Å². The highest BCUT2D eigenvalue weighted by molar-refractivity contribution is 5.95. The standard InChI is InChI=1S/C17H19NO3/c1-12-8-4-6-10-15(12)21-13(2)17(19)18-14-9-5-7-11-16(14)20-3/h4-11,13H,1-3H3,(H,18,19)/t13-/m0/s1. The van der Waals surface area contributed by atoms with Gasteiger partial charge in [-0.05, 0) is 37.6 Å². The molecule has 1 amide bonds. The van der Waals surface area contributed by atoms with Gasteiger partial charge in [0.15, 0.2) is 6.10 Å². The van der Waals surface area contributed by atoms with Crippen LogP contribution in [0.3, 0.4) is 0 Å². The second-order valence-corrected chi connectivity index (χ2v) is 4.72. The largest absolute Gasteiger partial charge is 0.495 e. The summed E-state index contributed by atoms with van der Waals surface area (Å²) in [6.45, 7) is 3.66. The molecule has 0 spiro atoms. The van der Waals surface area contributed by atoms with Crippen molar-refractivity contribution in [3.05, 3.63) is 54.1 Å². The molecule has 2 rings (SSSR count). The van der Waals surface area contributed by atoms with E-state index in [0.717, 1.165) is 5.56 Å². The molecule has 0 radical (unpaired) electrons. The molecule has 0 heterocycles. The van der Waals surface area contributed by atoms with E-state index in [1.807, 2.05) is 43.3 Å². The van der Waals surface area contributed by atoms with E-state index in [-0.39, 0.29) is 5.91 Å². The van der Waals surface area contributed by atoms with Crippen LogP contribution in [0.2, 0.25) is 0 Å². The van der Waals surface area contributed by atoms with Crippen molar-refractivity contribution in [1.29, 1.82) is 0 Å². The quantitative estimate of drug-likeness (QED) is 0.915. The third-order valence-corrected chi connectivity index (χ3v) is 3.13. The molecule has 21 heavy (non-hydrogen) atoms. The zero-order valence-electron chi connectivity index (χ0n) is 12.4. The summed E-state index contributed by atoms with van der Waals surface area (Å²) < 4.78 is 10.9. The lowest BCUT2D eigenvalue weighted by Gasteiger charge is -2.17. The number of nitrogens with one attached hydrogen (secondary N) is 1. The molecule has 110 valence electrons. The Labute approximate surface area is 124 Å². The molecular formula is C17H19NO3. The molecule has 4 heteroatoms. The second kappa shape index (κ2) is 6.79. The summed E-state index contributed by atoms with van der Waals surface area (Å²) in [7, 11) is 1.57. The number of amides is 1. The van der Waals surface area contributed by atoms with Crippen LogP contribution in [-0.2, 0) is 4.79 Å². The molecule has 0 saturated carbocycles. The number of para-hydroxylation sites is 3. The van der Waals surface area contributed by atoms with E-state index in [2.05, 4.69) is 5.32 Å². The predicted octanol–water partition coefficient (Wildman–Crippen LogP) is 3.41. The molecule has 0 saturated heterocycles. The Balaban J connectivity index is 2.05. The Hall–Kier alpha value is -2.49. The Morgan fingerprint density at radius 1 is 1.05 bits per heavy atom. The van der Waals surface area contributed by atoms with E-state index in [9.17, 15) is 4.79 Å². The predicted molar refractivity (Wildman–Crippen MR) is 82.9 cm³/mol. The van der Waals surface area contributed by atoms with Gasteiger partial charge >= 0.3 is 0 Å². The van der Waals surface area contributed by atoms with Gasteiger partial charge in [-0.3, -0.25) is 4.79 Å². The van der Waals surface area contributed by atoms with Crippen LogP contribution in [-0.4, -0.2) is 19.1 Å². The maximum absolute atomic E-state index is 12.2. The summed E-state index contributed by atoms with van der Waals surface area (Å²) in [4.78, 5) is 12.2. The number of anilines is 1. The minimum atomic E-state index is -0.601. The van der Waals surface area contributed by atoms with Gasteiger partial charge < -0.3 is 14.8 Å². The summed E-state index contributed by atoms with van der Waals surface area (Å²) >= 11 is 0. The van der Waals surface area contributed by atoms with Crippen LogP contribution in [0, 0.1) is 6.92 Å². The van der Waals surface area contributed by atoms with Gasteiger partial charge in [0.25, 0.3) is 5.91 Å². The number of hydrogen-bond acceptors (Lipinski definition) is 3. The van der Waals surface area contributed by atoms with Gasteiger partial charge in [0, 0.05) is 0 Å². The van der Waals surface area contributed by atoms with Crippen molar-refractivity contribution in [2.75, 3.05) is 12.4 Å². The normalized spacial score (nSPS) is 11.6. The molecule has 2 aromatic rings. The van der Waals surface area contributed by atoms with Gasteiger partial charge in [-0.15, -0.1) is 0 Å². The van der Waals surface area contributed by atoms with Crippen molar-refractivity contribution in [1.82, 2.24) is 0 Å². The van der Waals surface area contributed by atoms with Crippen molar-refractivity contribution < 1.29 is 14.3 Å². The molecule has 0 aromatic heterocycles. The zero-order valence-corrected chi connectivity index (χ0v) is 12.4. The Morgan fingerprint density at radius 3 is 2.33 bits per heavy atom. The summed E-state index contributed by atoms with van der Waals surface area (Å²) in [5, 5.41) is 2.81. The molecule has 1 N–H and O–H groups in total. The molecule has 0 unspecified atom stereocenters. The summed E-state index contributed by atoms with van der Waals surface area (Å²) in [5.41, 5.74) is 1.62. The monoisotopic (exact) mass is 285 g/mol. The molecule has 2 aromatic carbocycles. The number of aryl methyl sites for hydroxylation is 1. The molecule has 0 bridgehead atoms. The highest BCUT2D eigenvalue weighted by Gasteiger charge is 2.17. The SMILES string of the molecule is COc1ccccc1NC(=O)[C@H](C)Oc1ccccc1C. The number of benzene rings is 2. The fraction of sp³-hybridized carbons (Fsp3) is 0.235. The van der Waals surface area contributed by atoms with Crippen molar-refractivity contribution in [3.63, 3.8) is 0 Å². The van der Waals surface area contributed by atoms with Gasteiger partial charge in [0.1, 0.15) is 11.5 Å². The molecule has 0 aliphatic carbocycles. The van der Waals surface area contributed by atoms with Crippen LogP contribution in [0.15, 0.2) is 48.5 Å². The van der Waals surface area contributed by atoms with Crippen LogP contribution < -0.4 is 14.8 Å². The minimum Gasteiger partial charge on any atom is -0.495 e. The fourth-order valence-corrected chi connectivity index (χ4v) is 1.91. The molecule has 0 aliphatic heterocycles. The first-order valence-electron chi connectivity index (χ1n) is 6.78. The van der Waals surface area contributed by atoms with E-state index in [4.69, 9.17) is 9.47 Å². The molecule has 4 nitrogen and oxygen atoms in total. The number of carbonyl (C=O) groups excluding carboxylic acids is 1. The minimum absolute atomic E-state index is 0.220. The van der Waals surface area contributed by atoms with Crippen molar-refractivity contribution in [3.8, 4) is 11.5 Å². The first-order chi connectivity index (χ1) is 10.1. The number of rotatable bonds is 5. The first-order valence-corrected chi connectivity index (χ1v) is 6.78. The fourth-order valence-electron chi connectivity index (χ4n) is 1.91. The van der Waals surface area contributed by atoms with Crippen LogP contribution in [0.4, 0.5) is 5.69 Å². The highest BCUT2D eigenvalue weighted by atomic mass is 16.5. The summed E-state index contributed by atoms with van der Waals surface area (Å²) in [5.74, 6) is 1.11. The second-order valence-electron chi connectivity index (χ2n) is 4.72. The highest BCUT2D eigenvalue weighted by Crippen LogP contribution is 2.24. The van der Waals surface area contributed by atoms with Gasteiger partial charge in [0.2, 0.25) is 0 Å². The van der Waals surface area contributed by atoms with Gasteiger partial charge in [-0.25, -0.2) is 0 Å². The van der Waals surface area contributed by atoms with E-state index in [0.29, 0.717) is 17.2 Å². The smallest absolute Gasteiger partial charge is 0.265 e. The lowest BCUT2D eigenvalue weighted by Crippen LogP contribution is -2.30. The number of methoxy groups -OCH3 is 1. The number of ether oxygens (including phenoxy) is 2. The van der Waals surface area contributed by atoms with Gasteiger partial charge in [-0.2, -0.15) is 0 Å². The lowest BCUT2D eigenvalue weighted by molar-refractivity contribution is -0.122. The first kappa shape index (κ1) is 14.9. The number of hydrogen-bond donors (Lipinski definition) is 1. The maximum atomic E-state index is 12.2. The van der Waals surface area contributed by atoms with Crippen LogP contribution >= 0.6 is 0 Å². The van der Waals surface area contributed by atoms with E-state index >= 15 is 0 Å². The maximum Gasteiger partial charge on any atom is 0.265 e. The summed E-state index contributed by atoms with van der Waals surface area (Å²) in [6, 6.07) is 14.9. The number of carbonyl (C=O) groups is 1. The zero-order chi connectivity index (χ0) is 15.2. The van der Waals surface area contributed by atoms with E-state index in [1.165, 1.54) is 0 Å². The third kappa shape index (κ3) is 3.75. The van der Waals surface area contributed by atoms with Crippen molar-refractivity contribution in [2.24, 2.45) is 0 Å². The van der Waals surface area contributed by atoms with Gasteiger partial charge in [-0.1, -0.05) is 30.3 Å². The Kier molecular flexibility index (Phi) is 4.82. The van der Waals surface area contributed by atoms with E-state index in [1.54, 1.807) is 26.2 Å². The molecular weight excluding hydrogens is 266 g/mol. The molecule has 0 fully saturated rings. The topological polar surface area (TPSA) is 47.6 Å². The van der Waals surface area contributed by atoms with Crippen molar-refractivity contribution >= 4 is 11.6 Å². The van der Waals surface area contributed by atoms with E-state index < -0.39 is 6.10 Å².